The Bertz CT molecular complexity index is 1050. The highest BCUT2D eigenvalue weighted by Crippen LogP contribution is 2.36. The highest BCUT2D eigenvalue weighted by atomic mass is 35.5. The number of benzene rings is 3. The van der Waals surface area contributed by atoms with Crippen LogP contribution in [0.5, 0.6) is 5.75 Å². The molecule has 0 bridgehead atoms. The molecule has 1 amide bonds. The van der Waals surface area contributed by atoms with Crippen molar-refractivity contribution in [2.75, 3.05) is 0 Å². The zero-order valence-electron chi connectivity index (χ0n) is 15.8. The molecule has 0 fully saturated rings. The normalized spacial score (nSPS) is 15.6. The molecule has 29 heavy (non-hydrogen) atoms. The number of carbonyl (C=O) groups is 1. The van der Waals surface area contributed by atoms with Gasteiger partial charge >= 0.3 is 0 Å². The van der Waals surface area contributed by atoms with E-state index in [-0.39, 0.29) is 5.91 Å². The molecule has 3 aromatic carbocycles. The van der Waals surface area contributed by atoms with E-state index in [1.165, 1.54) is 11.9 Å². The Morgan fingerprint density at radius 1 is 1.07 bits per heavy atom. The summed E-state index contributed by atoms with van der Waals surface area (Å²) in [6.45, 7) is 1.86. The molecule has 0 aliphatic carbocycles. The second-order valence-electron chi connectivity index (χ2n) is 6.56. The number of halogens is 1. The van der Waals surface area contributed by atoms with Crippen LogP contribution in [0, 0.1) is 0 Å². The molecule has 0 aromatic heterocycles. The van der Waals surface area contributed by atoms with E-state index >= 15 is 0 Å². The molecule has 3 aromatic rings. The number of hydrazone groups is 1. The Kier molecular flexibility index (Phi) is 5.49. The fourth-order valence-corrected chi connectivity index (χ4v) is 3.25. The van der Waals surface area contributed by atoms with Crippen molar-refractivity contribution in [2.45, 2.75) is 19.8 Å². The van der Waals surface area contributed by atoms with Crippen LogP contribution in [0.3, 0.4) is 0 Å². The monoisotopic (exact) mass is 406 g/mol. The summed E-state index contributed by atoms with van der Waals surface area (Å²) in [6.07, 6.45) is -0.714. The lowest BCUT2D eigenvalue weighted by Gasteiger charge is -2.22. The maximum atomic E-state index is 12.2. The first kappa shape index (κ1) is 19.0. The minimum absolute atomic E-state index is 0.232. The van der Waals surface area contributed by atoms with Crippen LogP contribution in [-0.4, -0.2) is 16.8 Å². The summed E-state index contributed by atoms with van der Waals surface area (Å²) in [5.41, 5.74) is 2.47. The molecule has 0 radical (unpaired) electrons. The molecule has 6 heteroatoms. The summed E-state index contributed by atoms with van der Waals surface area (Å²) in [4.78, 5) is 12.2. The van der Waals surface area contributed by atoms with Gasteiger partial charge in [0.15, 0.2) is 0 Å². The van der Waals surface area contributed by atoms with Crippen LogP contribution < -0.4 is 4.74 Å². The van der Waals surface area contributed by atoms with Crippen LogP contribution in [0.15, 0.2) is 84.0 Å². The first-order valence-electron chi connectivity index (χ1n) is 9.18. The standard InChI is InChI=1S/C23H19ClN2O3/c1-16(27)26-23(29-22(25-26)18-10-7-11-19(24)14-18)20-12-5-6-13-21(20)28-15-17-8-3-2-4-9-17/h2-14,23H,15H2,1H3. The van der Waals surface area contributed by atoms with E-state index in [9.17, 15) is 4.79 Å². The highest BCUT2D eigenvalue weighted by Gasteiger charge is 2.35. The molecule has 1 aliphatic heterocycles. The third-order valence-corrected chi connectivity index (χ3v) is 4.70. The Balaban J connectivity index is 1.61. The molecular formula is C23H19ClN2O3. The zero-order valence-corrected chi connectivity index (χ0v) is 16.5. The lowest BCUT2D eigenvalue weighted by Crippen LogP contribution is -2.25. The minimum atomic E-state index is -0.714. The van der Waals surface area contributed by atoms with Crippen molar-refractivity contribution in [3.63, 3.8) is 0 Å². The van der Waals surface area contributed by atoms with E-state index in [1.807, 2.05) is 66.7 Å². The molecule has 1 heterocycles. The van der Waals surface area contributed by atoms with Crippen molar-refractivity contribution in [2.24, 2.45) is 5.10 Å². The number of nitrogens with zero attached hydrogens (tertiary/aromatic N) is 2. The Morgan fingerprint density at radius 3 is 2.59 bits per heavy atom. The second-order valence-corrected chi connectivity index (χ2v) is 7.00. The minimum Gasteiger partial charge on any atom is -0.488 e. The van der Waals surface area contributed by atoms with Gasteiger partial charge in [0.25, 0.3) is 0 Å². The van der Waals surface area contributed by atoms with Gasteiger partial charge < -0.3 is 9.47 Å². The van der Waals surface area contributed by atoms with E-state index in [2.05, 4.69) is 5.10 Å². The molecule has 0 spiro atoms. The summed E-state index contributed by atoms with van der Waals surface area (Å²) in [5.74, 6) is 0.741. The van der Waals surface area contributed by atoms with Crippen LogP contribution in [-0.2, 0) is 16.1 Å². The van der Waals surface area contributed by atoms with Crippen LogP contribution in [0.4, 0.5) is 0 Å². The van der Waals surface area contributed by atoms with Gasteiger partial charge in [0.1, 0.15) is 12.4 Å². The fourth-order valence-electron chi connectivity index (χ4n) is 3.06. The highest BCUT2D eigenvalue weighted by molar-refractivity contribution is 6.31. The molecule has 1 aliphatic rings. The smallest absolute Gasteiger partial charge is 0.243 e. The van der Waals surface area contributed by atoms with Gasteiger partial charge in [-0.1, -0.05) is 60.1 Å². The number of para-hydroxylation sites is 1. The van der Waals surface area contributed by atoms with Gasteiger partial charge in [0.2, 0.25) is 18.0 Å². The van der Waals surface area contributed by atoms with E-state index in [4.69, 9.17) is 21.1 Å². The third-order valence-electron chi connectivity index (χ3n) is 4.46. The van der Waals surface area contributed by atoms with Crippen LogP contribution in [0.2, 0.25) is 5.02 Å². The maximum Gasteiger partial charge on any atom is 0.243 e. The molecule has 1 atom stereocenters. The van der Waals surface area contributed by atoms with Crippen molar-refractivity contribution in [3.8, 4) is 5.75 Å². The topological polar surface area (TPSA) is 51.1 Å². The third kappa shape index (κ3) is 4.25. The van der Waals surface area contributed by atoms with Gasteiger partial charge in [-0.3, -0.25) is 4.79 Å². The molecule has 5 nitrogen and oxygen atoms in total. The molecule has 1 unspecified atom stereocenters. The van der Waals surface area contributed by atoms with Crippen LogP contribution in [0.25, 0.3) is 0 Å². The van der Waals surface area contributed by atoms with E-state index < -0.39 is 6.23 Å². The number of rotatable bonds is 5. The van der Waals surface area contributed by atoms with Crippen molar-refractivity contribution in [1.29, 1.82) is 0 Å². The van der Waals surface area contributed by atoms with Gasteiger partial charge in [-0.05, 0) is 35.9 Å². The summed E-state index contributed by atoms with van der Waals surface area (Å²) in [6, 6.07) is 24.5. The molecule has 0 saturated heterocycles. The second kappa shape index (κ2) is 8.37. The predicted molar refractivity (Wildman–Crippen MR) is 112 cm³/mol. The predicted octanol–water partition coefficient (Wildman–Crippen LogP) is 5.16. The Labute approximate surface area is 174 Å². The van der Waals surface area contributed by atoms with Crippen molar-refractivity contribution < 1.29 is 14.3 Å². The van der Waals surface area contributed by atoms with Crippen LogP contribution in [0.1, 0.15) is 29.8 Å². The maximum absolute atomic E-state index is 12.2. The number of amides is 1. The molecule has 0 saturated carbocycles. The summed E-state index contributed by atoms with van der Waals surface area (Å²) < 4.78 is 12.1. The average molecular weight is 407 g/mol. The Hall–Kier alpha value is -3.31. The van der Waals surface area contributed by atoms with Gasteiger partial charge in [0, 0.05) is 17.5 Å². The number of ether oxygens (including phenoxy) is 2. The Morgan fingerprint density at radius 2 is 1.83 bits per heavy atom. The van der Waals surface area contributed by atoms with E-state index in [1.54, 1.807) is 12.1 Å². The summed E-state index contributed by atoms with van der Waals surface area (Å²) in [5, 5.41) is 6.27. The fraction of sp³-hybridized carbons (Fsp3) is 0.130. The quantitative estimate of drug-likeness (QED) is 0.588. The molecular weight excluding hydrogens is 388 g/mol. The lowest BCUT2D eigenvalue weighted by atomic mass is 10.1. The van der Waals surface area contributed by atoms with Gasteiger partial charge in [-0.15, -0.1) is 5.10 Å². The lowest BCUT2D eigenvalue weighted by molar-refractivity contribution is -0.135. The number of hydrogen-bond donors (Lipinski definition) is 0. The van der Waals surface area contributed by atoms with E-state index in [0.717, 1.165) is 11.1 Å². The molecule has 146 valence electrons. The number of carbonyl (C=O) groups excluding carboxylic acids is 1. The van der Waals surface area contributed by atoms with Gasteiger partial charge in [-0.2, -0.15) is 5.01 Å². The number of hydrogen-bond acceptors (Lipinski definition) is 4. The average Bonchev–Trinajstić information content (AvgIpc) is 3.19. The largest absolute Gasteiger partial charge is 0.488 e. The molecule has 4 rings (SSSR count). The van der Waals surface area contributed by atoms with E-state index in [0.29, 0.717) is 28.8 Å². The molecule has 0 N–H and O–H groups in total. The van der Waals surface area contributed by atoms with Gasteiger partial charge in [-0.25, -0.2) is 0 Å². The van der Waals surface area contributed by atoms with Gasteiger partial charge in [0.05, 0.1) is 5.56 Å². The van der Waals surface area contributed by atoms with Crippen molar-refractivity contribution in [3.05, 3.63) is 101 Å². The summed E-state index contributed by atoms with van der Waals surface area (Å²) in [7, 11) is 0. The first-order valence-corrected chi connectivity index (χ1v) is 9.56. The zero-order chi connectivity index (χ0) is 20.2. The van der Waals surface area contributed by atoms with Crippen LogP contribution >= 0.6 is 11.6 Å². The SMILES string of the molecule is CC(=O)N1N=C(c2cccc(Cl)c2)OC1c1ccccc1OCc1ccccc1. The first-order chi connectivity index (χ1) is 14.1. The van der Waals surface area contributed by atoms with Crippen molar-refractivity contribution >= 4 is 23.4 Å². The summed E-state index contributed by atoms with van der Waals surface area (Å²) >= 11 is 6.09. The van der Waals surface area contributed by atoms with Crippen molar-refractivity contribution in [1.82, 2.24) is 5.01 Å².